The SMILES string of the molecule is COCCCNC(=O)[C@@H](C)n1nnc(-c2cccc(F)c2)n1. The third-order valence-electron chi connectivity index (χ3n) is 3.06. The molecule has 1 atom stereocenters. The van der Waals surface area contributed by atoms with Crippen LogP contribution in [0, 0.1) is 5.82 Å². The van der Waals surface area contributed by atoms with Crippen molar-refractivity contribution in [1.29, 1.82) is 0 Å². The molecule has 2 rings (SSSR count). The molecule has 0 aliphatic heterocycles. The maximum atomic E-state index is 13.2. The fourth-order valence-electron chi connectivity index (χ4n) is 1.81. The van der Waals surface area contributed by atoms with Crippen LogP contribution in [0.15, 0.2) is 24.3 Å². The number of methoxy groups -OCH3 is 1. The topological polar surface area (TPSA) is 81.9 Å². The van der Waals surface area contributed by atoms with Crippen molar-refractivity contribution in [2.75, 3.05) is 20.3 Å². The molecule has 0 unspecified atom stereocenters. The Kier molecular flexibility index (Phi) is 5.54. The summed E-state index contributed by atoms with van der Waals surface area (Å²) in [6.45, 7) is 2.77. The highest BCUT2D eigenvalue weighted by Gasteiger charge is 2.18. The van der Waals surface area contributed by atoms with Gasteiger partial charge in [0.15, 0.2) is 0 Å². The van der Waals surface area contributed by atoms with Crippen molar-refractivity contribution in [3.63, 3.8) is 0 Å². The number of carbonyl (C=O) groups is 1. The van der Waals surface area contributed by atoms with E-state index >= 15 is 0 Å². The highest BCUT2D eigenvalue weighted by Crippen LogP contribution is 2.15. The maximum absolute atomic E-state index is 13.2. The molecule has 8 heteroatoms. The molecule has 1 amide bonds. The van der Waals surface area contributed by atoms with E-state index in [0.29, 0.717) is 18.7 Å². The van der Waals surface area contributed by atoms with E-state index in [2.05, 4.69) is 20.7 Å². The lowest BCUT2D eigenvalue weighted by atomic mass is 10.2. The molecule has 7 nitrogen and oxygen atoms in total. The van der Waals surface area contributed by atoms with Gasteiger partial charge in [-0.15, -0.1) is 10.2 Å². The predicted molar refractivity (Wildman–Crippen MR) is 77.4 cm³/mol. The highest BCUT2D eigenvalue weighted by molar-refractivity contribution is 5.79. The summed E-state index contributed by atoms with van der Waals surface area (Å²) in [5.41, 5.74) is 0.513. The maximum Gasteiger partial charge on any atom is 0.246 e. The number of nitrogens with zero attached hydrogens (tertiary/aromatic N) is 4. The Bertz CT molecular complexity index is 631. The summed E-state index contributed by atoms with van der Waals surface area (Å²) in [6.07, 6.45) is 0.730. The van der Waals surface area contributed by atoms with Gasteiger partial charge in [-0.3, -0.25) is 4.79 Å². The van der Waals surface area contributed by atoms with Gasteiger partial charge in [-0.25, -0.2) is 4.39 Å². The molecule has 0 bridgehead atoms. The van der Waals surface area contributed by atoms with Crippen molar-refractivity contribution >= 4 is 5.91 Å². The van der Waals surface area contributed by atoms with Crippen LogP contribution in [0.2, 0.25) is 0 Å². The summed E-state index contributed by atoms with van der Waals surface area (Å²) in [5.74, 6) is -0.310. The Morgan fingerprint density at radius 1 is 1.50 bits per heavy atom. The fraction of sp³-hybridized carbons (Fsp3) is 0.429. The summed E-state index contributed by atoms with van der Waals surface area (Å²) in [5, 5.41) is 14.6. The molecule has 1 heterocycles. The van der Waals surface area contributed by atoms with E-state index < -0.39 is 6.04 Å². The minimum absolute atomic E-state index is 0.209. The van der Waals surface area contributed by atoms with Gasteiger partial charge in [-0.05, 0) is 30.7 Å². The lowest BCUT2D eigenvalue weighted by Gasteiger charge is -2.10. The number of rotatable bonds is 7. The summed E-state index contributed by atoms with van der Waals surface area (Å²) in [7, 11) is 1.61. The summed E-state index contributed by atoms with van der Waals surface area (Å²) in [6, 6.07) is 5.30. The monoisotopic (exact) mass is 307 g/mol. The number of ether oxygens (including phenoxy) is 1. The number of nitrogens with one attached hydrogen (secondary N) is 1. The molecule has 0 saturated carbocycles. The van der Waals surface area contributed by atoms with Crippen LogP contribution in [-0.4, -0.2) is 46.4 Å². The number of tetrazole rings is 1. The van der Waals surface area contributed by atoms with Crippen LogP contribution in [0.4, 0.5) is 4.39 Å². The van der Waals surface area contributed by atoms with Gasteiger partial charge in [0.05, 0.1) is 0 Å². The van der Waals surface area contributed by atoms with E-state index in [1.54, 1.807) is 26.2 Å². The largest absolute Gasteiger partial charge is 0.385 e. The van der Waals surface area contributed by atoms with Gasteiger partial charge in [0, 0.05) is 25.8 Å². The molecule has 0 aliphatic rings. The molecule has 0 saturated heterocycles. The normalized spacial score (nSPS) is 12.1. The van der Waals surface area contributed by atoms with E-state index in [4.69, 9.17) is 4.74 Å². The van der Waals surface area contributed by atoms with Crippen LogP contribution in [0.3, 0.4) is 0 Å². The third-order valence-corrected chi connectivity index (χ3v) is 3.06. The first-order chi connectivity index (χ1) is 10.6. The number of halogens is 1. The summed E-state index contributed by atoms with van der Waals surface area (Å²) >= 11 is 0. The quantitative estimate of drug-likeness (QED) is 0.777. The molecule has 0 radical (unpaired) electrons. The van der Waals surface area contributed by atoms with Crippen LogP contribution in [0.1, 0.15) is 19.4 Å². The van der Waals surface area contributed by atoms with Gasteiger partial charge in [0.1, 0.15) is 11.9 Å². The van der Waals surface area contributed by atoms with Gasteiger partial charge in [0.2, 0.25) is 11.7 Å². The zero-order valence-corrected chi connectivity index (χ0v) is 12.5. The first kappa shape index (κ1) is 16.0. The lowest BCUT2D eigenvalue weighted by molar-refractivity contribution is -0.124. The van der Waals surface area contributed by atoms with Crippen LogP contribution in [-0.2, 0) is 9.53 Å². The Morgan fingerprint density at radius 2 is 2.32 bits per heavy atom. The molecule has 0 spiro atoms. The molecule has 2 aromatic rings. The standard InChI is InChI=1S/C14H18FN5O2/c1-10(14(21)16-7-4-8-22-2)20-18-13(17-19-20)11-5-3-6-12(15)9-11/h3,5-6,9-10H,4,7-8H2,1-2H3,(H,16,21)/t10-/m1/s1. The number of amides is 1. The predicted octanol–water partition coefficient (Wildman–Crippen LogP) is 1.19. The smallest absolute Gasteiger partial charge is 0.246 e. The molecular weight excluding hydrogens is 289 g/mol. The number of benzene rings is 1. The molecule has 22 heavy (non-hydrogen) atoms. The first-order valence-corrected chi connectivity index (χ1v) is 6.94. The third kappa shape index (κ3) is 4.08. The summed E-state index contributed by atoms with van der Waals surface area (Å²) in [4.78, 5) is 13.2. The van der Waals surface area contributed by atoms with Gasteiger partial charge in [-0.2, -0.15) is 4.80 Å². The van der Waals surface area contributed by atoms with Gasteiger partial charge in [0.25, 0.3) is 0 Å². The Hall–Kier alpha value is -2.35. The fourth-order valence-corrected chi connectivity index (χ4v) is 1.81. The highest BCUT2D eigenvalue weighted by atomic mass is 19.1. The molecule has 118 valence electrons. The van der Waals surface area contributed by atoms with Crippen LogP contribution < -0.4 is 5.32 Å². The van der Waals surface area contributed by atoms with E-state index in [-0.39, 0.29) is 17.5 Å². The van der Waals surface area contributed by atoms with Crippen LogP contribution >= 0.6 is 0 Å². The van der Waals surface area contributed by atoms with Gasteiger partial charge < -0.3 is 10.1 Å². The molecule has 0 fully saturated rings. The second kappa shape index (κ2) is 7.60. The average molecular weight is 307 g/mol. The average Bonchev–Trinajstić information content (AvgIpc) is 3.00. The second-order valence-corrected chi connectivity index (χ2v) is 4.76. The van der Waals surface area contributed by atoms with Crippen molar-refractivity contribution in [3.8, 4) is 11.4 Å². The van der Waals surface area contributed by atoms with E-state index in [1.807, 2.05) is 0 Å². The van der Waals surface area contributed by atoms with Crippen molar-refractivity contribution in [1.82, 2.24) is 25.5 Å². The molecular formula is C14H18FN5O2. The number of hydrogen-bond acceptors (Lipinski definition) is 5. The van der Waals surface area contributed by atoms with E-state index in [9.17, 15) is 9.18 Å². The minimum atomic E-state index is -0.600. The van der Waals surface area contributed by atoms with Gasteiger partial charge in [-0.1, -0.05) is 12.1 Å². The minimum Gasteiger partial charge on any atom is -0.385 e. The molecule has 0 aliphatic carbocycles. The number of carbonyl (C=O) groups excluding carboxylic acids is 1. The Labute approximate surface area is 127 Å². The van der Waals surface area contributed by atoms with Crippen LogP contribution in [0.5, 0.6) is 0 Å². The van der Waals surface area contributed by atoms with E-state index in [0.717, 1.165) is 6.42 Å². The van der Waals surface area contributed by atoms with Gasteiger partial charge >= 0.3 is 0 Å². The summed E-state index contributed by atoms with van der Waals surface area (Å²) < 4.78 is 18.1. The van der Waals surface area contributed by atoms with Crippen molar-refractivity contribution in [2.45, 2.75) is 19.4 Å². The zero-order valence-electron chi connectivity index (χ0n) is 12.5. The molecule has 1 aromatic carbocycles. The number of hydrogen-bond donors (Lipinski definition) is 1. The molecule has 1 aromatic heterocycles. The number of aromatic nitrogens is 4. The van der Waals surface area contributed by atoms with E-state index in [1.165, 1.54) is 16.9 Å². The van der Waals surface area contributed by atoms with Crippen molar-refractivity contribution in [2.24, 2.45) is 0 Å². The Morgan fingerprint density at radius 3 is 3.05 bits per heavy atom. The van der Waals surface area contributed by atoms with Crippen LogP contribution in [0.25, 0.3) is 11.4 Å². The zero-order chi connectivity index (χ0) is 15.9. The first-order valence-electron chi connectivity index (χ1n) is 6.94. The Balaban J connectivity index is 1.99. The lowest BCUT2D eigenvalue weighted by Crippen LogP contribution is -2.33. The van der Waals surface area contributed by atoms with Crippen molar-refractivity contribution < 1.29 is 13.9 Å². The second-order valence-electron chi connectivity index (χ2n) is 4.76. The molecule has 1 N–H and O–H groups in total. The van der Waals surface area contributed by atoms with Crippen molar-refractivity contribution in [3.05, 3.63) is 30.1 Å².